The molecule has 1 aliphatic rings. The van der Waals surface area contributed by atoms with E-state index >= 15 is 0 Å². The van der Waals surface area contributed by atoms with E-state index in [1.807, 2.05) is 47.9 Å². The molecule has 1 heterocycles. The number of hydrogen-bond acceptors (Lipinski definition) is 2. The summed E-state index contributed by atoms with van der Waals surface area (Å²) in [5.41, 5.74) is 0.805. The Labute approximate surface area is 146 Å². The van der Waals surface area contributed by atoms with E-state index in [9.17, 15) is 9.59 Å². The molecule has 3 amide bonds. The molecule has 0 radical (unpaired) electrons. The summed E-state index contributed by atoms with van der Waals surface area (Å²) in [4.78, 5) is 28.3. The third-order valence-corrected chi connectivity index (χ3v) is 4.81. The van der Waals surface area contributed by atoms with Gasteiger partial charge in [0.05, 0.1) is 0 Å². The van der Waals surface area contributed by atoms with E-state index in [1.54, 1.807) is 0 Å². The van der Waals surface area contributed by atoms with Gasteiger partial charge >= 0.3 is 6.03 Å². The number of likely N-dealkylation sites (tertiary alicyclic amines) is 1. The predicted molar refractivity (Wildman–Crippen MR) is 95.4 cm³/mol. The van der Waals surface area contributed by atoms with Crippen LogP contribution in [0.1, 0.15) is 26.7 Å². The molecule has 1 fully saturated rings. The van der Waals surface area contributed by atoms with Gasteiger partial charge in [0.1, 0.15) is 0 Å². The number of hydrogen-bond donors (Lipinski definition) is 1. The number of urea groups is 1. The zero-order chi connectivity index (χ0) is 16.8. The molecule has 0 bridgehead atoms. The Kier molecular flexibility index (Phi) is 6.45. The number of nitrogens with zero attached hydrogens (tertiary/aromatic N) is 2. The molecule has 0 saturated carbocycles. The van der Waals surface area contributed by atoms with Gasteiger partial charge < -0.3 is 15.1 Å². The first kappa shape index (κ1) is 17.8. The number of carbonyl (C=O) groups excluding carboxylic acids is 2. The number of nitrogens with one attached hydrogen (secondary N) is 1. The summed E-state index contributed by atoms with van der Waals surface area (Å²) >= 11 is 3.38. The number of rotatable bonds is 4. The standard InChI is InChI=1S/C17H24BrN3O2/c1-3-20(4-2)17(23)21-11-9-13(10-12-21)16(22)19-15-7-5-14(18)6-8-15/h5-8,13H,3-4,9-12H2,1-2H3,(H,19,22). The quantitative estimate of drug-likeness (QED) is 0.866. The van der Waals surface area contributed by atoms with Gasteiger partial charge in [-0.3, -0.25) is 4.79 Å². The van der Waals surface area contributed by atoms with Crippen molar-refractivity contribution in [1.82, 2.24) is 9.80 Å². The van der Waals surface area contributed by atoms with Crippen molar-refractivity contribution in [2.45, 2.75) is 26.7 Å². The summed E-state index contributed by atoms with van der Waals surface area (Å²) in [6.07, 6.45) is 1.44. The van der Waals surface area contributed by atoms with Crippen molar-refractivity contribution >= 4 is 33.6 Å². The number of anilines is 1. The van der Waals surface area contributed by atoms with Gasteiger partial charge in [0.25, 0.3) is 0 Å². The summed E-state index contributed by atoms with van der Waals surface area (Å²) < 4.78 is 0.985. The molecule has 1 aliphatic heterocycles. The van der Waals surface area contributed by atoms with E-state index in [-0.39, 0.29) is 17.9 Å². The molecular formula is C17H24BrN3O2. The fraction of sp³-hybridized carbons (Fsp3) is 0.529. The Balaban J connectivity index is 1.85. The maximum Gasteiger partial charge on any atom is 0.319 e. The minimum absolute atomic E-state index is 0.0283. The van der Waals surface area contributed by atoms with Gasteiger partial charge in [-0.15, -0.1) is 0 Å². The third kappa shape index (κ3) is 4.70. The lowest BCUT2D eigenvalue weighted by Gasteiger charge is -2.34. The summed E-state index contributed by atoms with van der Waals surface area (Å²) in [6.45, 7) is 6.71. The number of halogens is 1. The van der Waals surface area contributed by atoms with Crippen LogP contribution in [0, 0.1) is 5.92 Å². The van der Waals surface area contributed by atoms with Gasteiger partial charge in [-0.25, -0.2) is 4.79 Å². The lowest BCUT2D eigenvalue weighted by molar-refractivity contribution is -0.121. The highest BCUT2D eigenvalue weighted by atomic mass is 79.9. The van der Waals surface area contributed by atoms with E-state index in [0.717, 1.165) is 36.1 Å². The van der Waals surface area contributed by atoms with Crippen molar-refractivity contribution in [3.8, 4) is 0 Å². The normalized spacial score (nSPS) is 15.3. The summed E-state index contributed by atoms with van der Waals surface area (Å²) in [5, 5.41) is 2.95. The molecule has 126 valence electrons. The van der Waals surface area contributed by atoms with Crippen LogP contribution in [-0.2, 0) is 4.79 Å². The van der Waals surface area contributed by atoms with Crippen molar-refractivity contribution in [2.75, 3.05) is 31.5 Å². The lowest BCUT2D eigenvalue weighted by Crippen LogP contribution is -2.47. The topological polar surface area (TPSA) is 52.7 Å². The second-order valence-corrected chi connectivity index (χ2v) is 6.63. The summed E-state index contributed by atoms with van der Waals surface area (Å²) in [7, 11) is 0. The Morgan fingerprint density at radius 2 is 1.74 bits per heavy atom. The first-order chi connectivity index (χ1) is 11.0. The van der Waals surface area contributed by atoms with Crippen molar-refractivity contribution in [1.29, 1.82) is 0 Å². The van der Waals surface area contributed by atoms with Gasteiger partial charge in [0, 0.05) is 42.3 Å². The smallest absolute Gasteiger partial charge is 0.319 e. The molecule has 6 heteroatoms. The van der Waals surface area contributed by atoms with Crippen LogP contribution in [0.3, 0.4) is 0 Å². The maximum atomic E-state index is 12.3. The summed E-state index contributed by atoms with van der Waals surface area (Å²) in [5.74, 6) is 0.0154. The van der Waals surface area contributed by atoms with Crippen LogP contribution < -0.4 is 5.32 Å². The van der Waals surface area contributed by atoms with E-state index in [2.05, 4.69) is 21.2 Å². The Morgan fingerprint density at radius 3 is 2.26 bits per heavy atom. The number of piperidine rings is 1. The lowest BCUT2D eigenvalue weighted by atomic mass is 9.96. The Morgan fingerprint density at radius 1 is 1.17 bits per heavy atom. The fourth-order valence-corrected chi connectivity index (χ4v) is 3.07. The highest BCUT2D eigenvalue weighted by Crippen LogP contribution is 2.21. The van der Waals surface area contributed by atoms with Gasteiger partial charge in [0.15, 0.2) is 0 Å². The van der Waals surface area contributed by atoms with Crippen molar-refractivity contribution in [2.24, 2.45) is 5.92 Å². The van der Waals surface area contributed by atoms with Gasteiger partial charge in [-0.05, 0) is 51.0 Å². The van der Waals surface area contributed by atoms with Gasteiger partial charge in [-0.1, -0.05) is 15.9 Å². The van der Waals surface area contributed by atoms with Crippen LogP contribution in [0.4, 0.5) is 10.5 Å². The van der Waals surface area contributed by atoms with Crippen molar-refractivity contribution < 1.29 is 9.59 Å². The first-order valence-electron chi connectivity index (χ1n) is 8.15. The number of amides is 3. The SMILES string of the molecule is CCN(CC)C(=O)N1CCC(C(=O)Nc2ccc(Br)cc2)CC1. The van der Waals surface area contributed by atoms with E-state index in [4.69, 9.17) is 0 Å². The van der Waals surface area contributed by atoms with Crippen molar-refractivity contribution in [3.05, 3.63) is 28.7 Å². The molecular weight excluding hydrogens is 358 g/mol. The zero-order valence-corrected chi connectivity index (χ0v) is 15.3. The second-order valence-electron chi connectivity index (χ2n) is 5.71. The second kappa shape index (κ2) is 8.34. The molecule has 1 aromatic rings. The molecule has 0 aliphatic carbocycles. The third-order valence-electron chi connectivity index (χ3n) is 4.28. The van der Waals surface area contributed by atoms with Gasteiger partial charge in [0.2, 0.25) is 5.91 Å². The van der Waals surface area contributed by atoms with Crippen LogP contribution in [0.25, 0.3) is 0 Å². The molecule has 1 aromatic carbocycles. The molecule has 0 unspecified atom stereocenters. The number of benzene rings is 1. The molecule has 0 spiro atoms. The molecule has 1 N–H and O–H groups in total. The van der Waals surface area contributed by atoms with Crippen LogP contribution in [0.5, 0.6) is 0 Å². The molecule has 0 atom stereocenters. The van der Waals surface area contributed by atoms with Crippen LogP contribution >= 0.6 is 15.9 Å². The first-order valence-corrected chi connectivity index (χ1v) is 8.94. The highest BCUT2D eigenvalue weighted by molar-refractivity contribution is 9.10. The Hall–Kier alpha value is -1.56. The van der Waals surface area contributed by atoms with E-state index < -0.39 is 0 Å². The monoisotopic (exact) mass is 381 g/mol. The molecule has 23 heavy (non-hydrogen) atoms. The van der Waals surface area contributed by atoms with Crippen LogP contribution in [-0.4, -0.2) is 47.9 Å². The predicted octanol–water partition coefficient (Wildman–Crippen LogP) is 3.56. The van der Waals surface area contributed by atoms with Crippen LogP contribution in [0.15, 0.2) is 28.7 Å². The molecule has 0 aromatic heterocycles. The van der Waals surface area contributed by atoms with Gasteiger partial charge in [-0.2, -0.15) is 0 Å². The number of carbonyl (C=O) groups is 2. The average molecular weight is 382 g/mol. The largest absolute Gasteiger partial charge is 0.326 e. The minimum Gasteiger partial charge on any atom is -0.326 e. The van der Waals surface area contributed by atoms with Crippen molar-refractivity contribution in [3.63, 3.8) is 0 Å². The zero-order valence-electron chi connectivity index (χ0n) is 13.7. The molecule has 2 rings (SSSR count). The van der Waals surface area contributed by atoms with Crippen LogP contribution in [0.2, 0.25) is 0 Å². The van der Waals surface area contributed by atoms with E-state index in [1.165, 1.54) is 0 Å². The van der Waals surface area contributed by atoms with E-state index in [0.29, 0.717) is 13.1 Å². The average Bonchev–Trinajstić information content (AvgIpc) is 2.58. The summed E-state index contributed by atoms with van der Waals surface area (Å²) in [6, 6.07) is 7.64. The fourth-order valence-electron chi connectivity index (χ4n) is 2.80. The maximum absolute atomic E-state index is 12.3. The molecule has 1 saturated heterocycles. The minimum atomic E-state index is -0.0283. The molecule has 5 nitrogen and oxygen atoms in total. The highest BCUT2D eigenvalue weighted by Gasteiger charge is 2.28. The Bertz CT molecular complexity index is 535.